The van der Waals surface area contributed by atoms with Gasteiger partial charge in [-0.3, -0.25) is 0 Å². The van der Waals surface area contributed by atoms with Crippen molar-refractivity contribution in [3.8, 4) is 11.1 Å². The molecular weight excluding hydrogens is 248 g/mol. The second-order valence-electron chi connectivity index (χ2n) is 5.74. The second-order valence-corrected chi connectivity index (χ2v) is 5.74. The van der Waals surface area contributed by atoms with Crippen LogP contribution in [0.2, 0.25) is 0 Å². The van der Waals surface area contributed by atoms with Crippen LogP contribution in [-0.4, -0.2) is 11.6 Å². The van der Waals surface area contributed by atoms with E-state index in [1.807, 2.05) is 63.2 Å². The van der Waals surface area contributed by atoms with Crippen molar-refractivity contribution in [1.29, 1.82) is 0 Å². The van der Waals surface area contributed by atoms with Gasteiger partial charge in [0.1, 0.15) is 5.60 Å². The van der Waals surface area contributed by atoms with Crippen molar-refractivity contribution in [1.82, 2.24) is 0 Å². The van der Waals surface area contributed by atoms with Crippen LogP contribution in [0.25, 0.3) is 11.1 Å². The van der Waals surface area contributed by atoms with Crippen LogP contribution >= 0.6 is 0 Å². The third-order valence-electron chi connectivity index (χ3n) is 2.81. The molecule has 0 N–H and O–H groups in total. The summed E-state index contributed by atoms with van der Waals surface area (Å²) in [7, 11) is 0. The van der Waals surface area contributed by atoms with Crippen LogP contribution < -0.4 is 0 Å². The molecule has 103 valence electrons. The zero-order valence-corrected chi connectivity index (χ0v) is 12.1. The Morgan fingerprint density at radius 3 is 2.20 bits per heavy atom. The molecule has 0 saturated carbocycles. The fourth-order valence-corrected chi connectivity index (χ4v) is 1.93. The Morgan fingerprint density at radius 1 is 1.00 bits per heavy atom. The molecule has 2 nitrogen and oxygen atoms in total. The van der Waals surface area contributed by atoms with E-state index in [1.54, 1.807) is 6.07 Å². The lowest BCUT2D eigenvalue weighted by Crippen LogP contribution is -2.24. The summed E-state index contributed by atoms with van der Waals surface area (Å²) in [4.78, 5) is 12.3. The predicted octanol–water partition coefficient (Wildman–Crippen LogP) is 4.49. The number of carbonyl (C=O) groups is 1. The van der Waals surface area contributed by atoms with Gasteiger partial charge in [0.25, 0.3) is 0 Å². The largest absolute Gasteiger partial charge is 0.456 e. The lowest BCUT2D eigenvalue weighted by atomic mass is 9.99. The maximum Gasteiger partial charge on any atom is 0.339 e. The van der Waals surface area contributed by atoms with E-state index in [-0.39, 0.29) is 5.97 Å². The molecule has 2 aromatic carbocycles. The molecule has 0 spiro atoms. The third kappa shape index (κ3) is 3.47. The van der Waals surface area contributed by atoms with Crippen molar-refractivity contribution in [3.05, 3.63) is 66.6 Å². The lowest BCUT2D eigenvalue weighted by Gasteiger charge is -2.20. The van der Waals surface area contributed by atoms with Gasteiger partial charge in [0.15, 0.2) is 0 Å². The number of rotatable bonds is 2. The molecule has 0 fully saturated rings. The van der Waals surface area contributed by atoms with Crippen molar-refractivity contribution >= 4 is 5.97 Å². The first-order valence-corrected chi connectivity index (χ1v) is 6.61. The summed E-state index contributed by atoms with van der Waals surface area (Å²) in [6, 6.07) is 15.3. The van der Waals surface area contributed by atoms with Crippen LogP contribution in [0.4, 0.5) is 0 Å². The summed E-state index contributed by atoms with van der Waals surface area (Å²) in [5.41, 5.74) is 2.89. The standard InChI is InChI=1S/C18H19O2/c1-13-9-11-14(12-10-13)15-7-5-6-8-16(15)17(19)20-18(2,3)4/h5-12H,1H2,2-4H3. The Labute approximate surface area is 120 Å². The van der Waals surface area contributed by atoms with Crippen molar-refractivity contribution in [3.63, 3.8) is 0 Å². The maximum absolute atomic E-state index is 12.3. The molecule has 1 radical (unpaired) electrons. The first-order valence-electron chi connectivity index (χ1n) is 6.61. The Balaban J connectivity index is 2.40. The van der Waals surface area contributed by atoms with E-state index in [9.17, 15) is 4.79 Å². The number of ether oxygens (including phenoxy) is 1. The van der Waals surface area contributed by atoms with E-state index in [1.165, 1.54) is 0 Å². The Hall–Kier alpha value is -2.09. The highest BCUT2D eigenvalue weighted by Crippen LogP contribution is 2.25. The van der Waals surface area contributed by atoms with Gasteiger partial charge in [-0.25, -0.2) is 4.79 Å². The smallest absolute Gasteiger partial charge is 0.339 e. The van der Waals surface area contributed by atoms with Gasteiger partial charge in [-0.15, -0.1) is 0 Å². The number of benzene rings is 2. The minimum atomic E-state index is -0.499. The van der Waals surface area contributed by atoms with E-state index in [4.69, 9.17) is 4.74 Å². The van der Waals surface area contributed by atoms with Crippen LogP contribution in [-0.2, 0) is 4.74 Å². The van der Waals surface area contributed by atoms with E-state index < -0.39 is 5.60 Å². The quantitative estimate of drug-likeness (QED) is 0.749. The molecule has 0 atom stereocenters. The maximum atomic E-state index is 12.3. The van der Waals surface area contributed by atoms with E-state index >= 15 is 0 Å². The Bertz CT molecular complexity index is 604. The highest BCUT2D eigenvalue weighted by Gasteiger charge is 2.20. The molecule has 0 aliphatic heterocycles. The molecule has 0 saturated heterocycles. The SMILES string of the molecule is [CH2]c1ccc(-c2ccccc2C(=O)OC(C)(C)C)cc1. The van der Waals surface area contributed by atoms with Crippen LogP contribution in [0.15, 0.2) is 48.5 Å². The van der Waals surface area contributed by atoms with Gasteiger partial charge in [-0.2, -0.15) is 0 Å². The summed E-state index contributed by atoms with van der Waals surface area (Å²) < 4.78 is 5.46. The molecule has 0 aliphatic rings. The monoisotopic (exact) mass is 267 g/mol. The van der Waals surface area contributed by atoms with Crippen molar-refractivity contribution in [2.75, 3.05) is 0 Å². The topological polar surface area (TPSA) is 26.3 Å². The molecule has 0 aliphatic carbocycles. The molecule has 2 heteroatoms. The lowest BCUT2D eigenvalue weighted by molar-refractivity contribution is 0.00705. The summed E-state index contributed by atoms with van der Waals surface area (Å²) in [6.07, 6.45) is 0. The minimum absolute atomic E-state index is 0.299. The summed E-state index contributed by atoms with van der Waals surface area (Å²) in [5, 5.41) is 0. The van der Waals surface area contributed by atoms with Crippen LogP contribution in [0.3, 0.4) is 0 Å². The molecule has 2 aromatic rings. The second kappa shape index (κ2) is 5.49. The summed E-state index contributed by atoms with van der Waals surface area (Å²) >= 11 is 0. The zero-order chi connectivity index (χ0) is 14.8. The van der Waals surface area contributed by atoms with Crippen LogP contribution in [0.1, 0.15) is 36.7 Å². The van der Waals surface area contributed by atoms with Crippen molar-refractivity contribution in [2.24, 2.45) is 0 Å². The third-order valence-corrected chi connectivity index (χ3v) is 2.81. The van der Waals surface area contributed by atoms with Gasteiger partial charge >= 0.3 is 5.97 Å². The molecule has 0 heterocycles. The molecular formula is C18H19O2. The minimum Gasteiger partial charge on any atom is -0.456 e. The average molecular weight is 267 g/mol. The first kappa shape index (κ1) is 14.3. The van der Waals surface area contributed by atoms with Crippen LogP contribution in [0.5, 0.6) is 0 Å². The fraction of sp³-hybridized carbons (Fsp3) is 0.222. The fourth-order valence-electron chi connectivity index (χ4n) is 1.93. The van der Waals surface area contributed by atoms with E-state index in [0.717, 1.165) is 16.7 Å². The molecule has 20 heavy (non-hydrogen) atoms. The highest BCUT2D eigenvalue weighted by atomic mass is 16.6. The molecule has 0 unspecified atom stereocenters. The molecule has 0 bridgehead atoms. The van der Waals surface area contributed by atoms with Gasteiger partial charge in [0.2, 0.25) is 0 Å². The number of hydrogen-bond acceptors (Lipinski definition) is 2. The summed E-state index contributed by atoms with van der Waals surface area (Å²) in [5.74, 6) is -0.299. The van der Waals surface area contributed by atoms with Gasteiger partial charge < -0.3 is 4.74 Å². The normalized spacial score (nSPS) is 11.2. The van der Waals surface area contributed by atoms with Crippen molar-refractivity contribution in [2.45, 2.75) is 26.4 Å². The zero-order valence-electron chi connectivity index (χ0n) is 12.1. The van der Waals surface area contributed by atoms with Gasteiger partial charge in [0.05, 0.1) is 5.56 Å². The molecule has 0 aromatic heterocycles. The molecule has 2 rings (SSSR count). The number of esters is 1. The number of hydrogen-bond donors (Lipinski definition) is 0. The number of carbonyl (C=O) groups excluding carboxylic acids is 1. The Morgan fingerprint density at radius 2 is 1.60 bits per heavy atom. The van der Waals surface area contributed by atoms with Gasteiger partial charge in [0, 0.05) is 0 Å². The average Bonchev–Trinajstić information content (AvgIpc) is 2.38. The summed E-state index contributed by atoms with van der Waals surface area (Å²) in [6.45, 7) is 9.47. The van der Waals surface area contributed by atoms with Crippen LogP contribution in [0, 0.1) is 6.92 Å². The van der Waals surface area contributed by atoms with Crippen molar-refractivity contribution < 1.29 is 9.53 Å². The predicted molar refractivity (Wildman–Crippen MR) is 81.5 cm³/mol. The van der Waals surface area contributed by atoms with Gasteiger partial charge in [-0.1, -0.05) is 42.5 Å². The van der Waals surface area contributed by atoms with Gasteiger partial charge in [-0.05, 0) is 50.5 Å². The van der Waals surface area contributed by atoms with E-state index in [0.29, 0.717) is 5.56 Å². The first-order chi connectivity index (χ1) is 9.37. The van der Waals surface area contributed by atoms with E-state index in [2.05, 4.69) is 6.92 Å². The Kier molecular flexibility index (Phi) is 3.93. The highest BCUT2D eigenvalue weighted by molar-refractivity contribution is 5.97. The molecule has 0 amide bonds.